The van der Waals surface area contributed by atoms with Gasteiger partial charge in [0, 0.05) is 16.3 Å². The van der Waals surface area contributed by atoms with Crippen LogP contribution in [0.15, 0.2) is 23.1 Å². The molecule has 1 rings (SSSR count). The van der Waals surface area contributed by atoms with E-state index >= 15 is 0 Å². The molecule has 0 aliphatic heterocycles. The van der Waals surface area contributed by atoms with E-state index in [9.17, 15) is 8.42 Å². The standard InChI is InChI=1S/C8H7ClINO2S/c1-5(11)7-4-6(14(10,12)13)2-3-8(7)9/h2-4,11H,1H3. The molecular formula is C8H7ClINO2S. The van der Waals surface area contributed by atoms with Crippen molar-refractivity contribution in [3.05, 3.63) is 28.8 Å². The van der Waals surface area contributed by atoms with Crippen LogP contribution in [0, 0.1) is 5.41 Å². The maximum atomic E-state index is 11.2. The second-order valence-electron chi connectivity index (χ2n) is 2.70. The number of nitrogens with one attached hydrogen (secondary N) is 1. The maximum absolute atomic E-state index is 11.2. The van der Waals surface area contributed by atoms with E-state index in [1.807, 2.05) is 0 Å². The summed E-state index contributed by atoms with van der Waals surface area (Å²) in [6.07, 6.45) is 0. The molecule has 0 heterocycles. The van der Waals surface area contributed by atoms with Crippen LogP contribution in [0.25, 0.3) is 0 Å². The molecule has 0 saturated carbocycles. The van der Waals surface area contributed by atoms with Gasteiger partial charge in [0.25, 0.3) is 0 Å². The largest absolute Gasteiger partial charge is 0.305 e. The number of rotatable bonds is 2. The summed E-state index contributed by atoms with van der Waals surface area (Å²) in [5, 5.41) is 7.79. The lowest BCUT2D eigenvalue weighted by Crippen LogP contribution is -1.97. The molecule has 1 aromatic carbocycles. The van der Waals surface area contributed by atoms with Crippen molar-refractivity contribution in [3.8, 4) is 0 Å². The molecule has 0 aliphatic rings. The summed E-state index contributed by atoms with van der Waals surface area (Å²) in [5.41, 5.74) is 0.696. The predicted molar refractivity (Wildman–Crippen MR) is 65.2 cm³/mol. The normalized spacial score (nSPS) is 11.4. The van der Waals surface area contributed by atoms with Crippen LogP contribution >= 0.6 is 32.8 Å². The van der Waals surface area contributed by atoms with Gasteiger partial charge in [-0.25, -0.2) is 8.42 Å². The zero-order valence-electron chi connectivity index (χ0n) is 7.21. The van der Waals surface area contributed by atoms with Gasteiger partial charge < -0.3 is 5.41 Å². The lowest BCUT2D eigenvalue weighted by Gasteiger charge is -2.03. The van der Waals surface area contributed by atoms with Crippen molar-refractivity contribution in [2.75, 3.05) is 0 Å². The molecule has 14 heavy (non-hydrogen) atoms. The molecule has 0 amide bonds. The highest BCUT2D eigenvalue weighted by Crippen LogP contribution is 2.24. The Balaban J connectivity index is 3.42. The topological polar surface area (TPSA) is 58.0 Å². The van der Waals surface area contributed by atoms with E-state index in [1.165, 1.54) is 39.4 Å². The van der Waals surface area contributed by atoms with Crippen LogP contribution in [0.4, 0.5) is 0 Å². The molecule has 0 atom stereocenters. The Hall–Kier alpha value is -0.140. The summed E-state index contributed by atoms with van der Waals surface area (Å²) in [7, 11) is -3.26. The summed E-state index contributed by atoms with van der Waals surface area (Å²) in [6, 6.07) is 4.32. The quantitative estimate of drug-likeness (QED) is 0.510. The lowest BCUT2D eigenvalue weighted by molar-refractivity contribution is 0.612. The lowest BCUT2D eigenvalue weighted by atomic mass is 10.1. The van der Waals surface area contributed by atoms with Crippen molar-refractivity contribution in [2.45, 2.75) is 11.8 Å². The minimum absolute atomic E-state index is 0.170. The van der Waals surface area contributed by atoms with E-state index in [0.717, 1.165) is 0 Å². The second-order valence-corrected chi connectivity index (χ2v) is 7.94. The van der Waals surface area contributed by atoms with E-state index in [4.69, 9.17) is 17.0 Å². The Morgan fingerprint density at radius 3 is 2.50 bits per heavy atom. The van der Waals surface area contributed by atoms with Crippen molar-refractivity contribution in [3.63, 3.8) is 0 Å². The fourth-order valence-corrected chi connectivity index (χ4v) is 2.51. The second kappa shape index (κ2) is 4.16. The first-order valence-corrected chi connectivity index (χ1v) is 8.02. The molecule has 0 radical (unpaired) electrons. The van der Waals surface area contributed by atoms with Crippen LogP contribution < -0.4 is 0 Å². The highest BCUT2D eigenvalue weighted by Gasteiger charge is 2.12. The zero-order valence-corrected chi connectivity index (χ0v) is 10.9. The van der Waals surface area contributed by atoms with Gasteiger partial charge >= 0.3 is 0 Å². The van der Waals surface area contributed by atoms with Crippen molar-refractivity contribution in [1.82, 2.24) is 0 Å². The molecule has 0 fully saturated rings. The third kappa shape index (κ3) is 2.68. The number of hydrogen-bond acceptors (Lipinski definition) is 3. The van der Waals surface area contributed by atoms with Gasteiger partial charge in [-0.05, 0) is 25.1 Å². The third-order valence-electron chi connectivity index (χ3n) is 1.62. The van der Waals surface area contributed by atoms with Gasteiger partial charge in [-0.2, -0.15) is 0 Å². The summed E-state index contributed by atoms with van der Waals surface area (Å²) < 4.78 is 22.4. The summed E-state index contributed by atoms with van der Waals surface area (Å²) in [4.78, 5) is 0.170. The SMILES string of the molecule is CC(=N)c1cc(S(=O)(=O)I)ccc1Cl. The smallest absolute Gasteiger partial charge is 0.231 e. The van der Waals surface area contributed by atoms with E-state index < -0.39 is 7.01 Å². The van der Waals surface area contributed by atoms with Crippen molar-refractivity contribution in [1.29, 1.82) is 5.41 Å². The third-order valence-corrected chi connectivity index (χ3v) is 4.30. The van der Waals surface area contributed by atoms with Gasteiger partial charge in [0.05, 0.1) is 26.1 Å². The molecule has 3 nitrogen and oxygen atoms in total. The highest BCUT2D eigenvalue weighted by molar-refractivity contribution is 14.2. The highest BCUT2D eigenvalue weighted by atomic mass is 127. The Morgan fingerprint density at radius 1 is 1.50 bits per heavy atom. The monoisotopic (exact) mass is 343 g/mol. The van der Waals surface area contributed by atoms with Gasteiger partial charge in [0.1, 0.15) is 0 Å². The molecule has 0 aliphatic carbocycles. The Kier molecular flexibility index (Phi) is 3.54. The number of hydrogen-bond donors (Lipinski definition) is 1. The van der Waals surface area contributed by atoms with E-state index in [2.05, 4.69) is 0 Å². The summed E-state index contributed by atoms with van der Waals surface area (Å²) >= 11 is 7.16. The zero-order chi connectivity index (χ0) is 10.9. The summed E-state index contributed by atoms with van der Waals surface area (Å²) in [6.45, 7) is 1.56. The average molecular weight is 344 g/mol. The molecule has 0 spiro atoms. The molecule has 76 valence electrons. The number of benzene rings is 1. The van der Waals surface area contributed by atoms with Crippen molar-refractivity contribution >= 4 is 45.5 Å². The van der Waals surface area contributed by atoms with Crippen LogP contribution in [0.3, 0.4) is 0 Å². The molecule has 1 N–H and O–H groups in total. The van der Waals surface area contributed by atoms with Gasteiger partial charge in [-0.3, -0.25) is 0 Å². The number of halogens is 2. The molecule has 6 heteroatoms. The van der Waals surface area contributed by atoms with Crippen LogP contribution in [0.2, 0.25) is 5.02 Å². The van der Waals surface area contributed by atoms with Crippen molar-refractivity contribution < 1.29 is 8.42 Å². The maximum Gasteiger partial charge on any atom is 0.231 e. The van der Waals surface area contributed by atoms with Gasteiger partial charge in [-0.15, -0.1) is 0 Å². The fraction of sp³-hybridized carbons (Fsp3) is 0.125. The average Bonchev–Trinajstić information content (AvgIpc) is 2.02. The Labute approximate surface area is 99.5 Å². The van der Waals surface area contributed by atoms with Gasteiger partial charge in [-0.1, -0.05) is 11.6 Å². The first-order chi connectivity index (χ1) is 6.32. The predicted octanol–water partition coefficient (Wildman–Crippen LogP) is 2.85. The molecule has 0 bridgehead atoms. The molecular weight excluding hydrogens is 337 g/mol. The molecule has 0 saturated heterocycles. The van der Waals surface area contributed by atoms with Crippen LogP contribution in [-0.2, 0) is 7.01 Å². The first-order valence-electron chi connectivity index (χ1n) is 3.62. The van der Waals surface area contributed by atoms with Gasteiger partial charge in [0.15, 0.2) is 0 Å². The van der Waals surface area contributed by atoms with E-state index in [-0.39, 0.29) is 10.6 Å². The Morgan fingerprint density at radius 2 is 2.07 bits per heavy atom. The van der Waals surface area contributed by atoms with Crippen molar-refractivity contribution in [2.24, 2.45) is 0 Å². The Bertz CT molecular complexity index is 484. The van der Waals surface area contributed by atoms with Crippen LogP contribution in [0.5, 0.6) is 0 Å². The molecule has 0 aromatic heterocycles. The summed E-state index contributed by atoms with van der Waals surface area (Å²) in [5.74, 6) is 0. The fourth-order valence-electron chi connectivity index (χ4n) is 0.943. The molecule has 1 aromatic rings. The van der Waals surface area contributed by atoms with E-state index in [1.54, 1.807) is 6.92 Å². The van der Waals surface area contributed by atoms with Gasteiger partial charge in [0.2, 0.25) is 7.01 Å². The molecule has 0 unspecified atom stereocenters. The minimum atomic E-state index is -3.26. The van der Waals surface area contributed by atoms with Crippen LogP contribution in [-0.4, -0.2) is 14.1 Å². The van der Waals surface area contributed by atoms with Crippen LogP contribution in [0.1, 0.15) is 12.5 Å². The van der Waals surface area contributed by atoms with E-state index in [0.29, 0.717) is 10.6 Å². The first kappa shape index (κ1) is 11.9. The minimum Gasteiger partial charge on any atom is -0.305 e.